The molecule has 0 saturated carbocycles. The van der Waals surface area contributed by atoms with Crippen LogP contribution in [0.1, 0.15) is 5.56 Å². The fraction of sp³-hybridized carbons (Fsp3) is 0.333. The summed E-state index contributed by atoms with van der Waals surface area (Å²) in [6.07, 6.45) is -0.682. The molecule has 24 heavy (non-hydrogen) atoms. The second-order valence-corrected chi connectivity index (χ2v) is 8.02. The maximum atomic E-state index is 12.3. The van der Waals surface area contributed by atoms with Gasteiger partial charge in [-0.1, -0.05) is 36.4 Å². The van der Waals surface area contributed by atoms with Crippen molar-refractivity contribution in [3.05, 3.63) is 60.2 Å². The van der Waals surface area contributed by atoms with Gasteiger partial charge >= 0.3 is 0 Å². The van der Waals surface area contributed by atoms with Gasteiger partial charge in [-0.15, -0.1) is 0 Å². The highest BCUT2D eigenvalue weighted by Gasteiger charge is 2.26. The molecule has 0 unspecified atom stereocenters. The van der Waals surface area contributed by atoms with Gasteiger partial charge in [-0.25, -0.2) is 8.42 Å². The van der Waals surface area contributed by atoms with Gasteiger partial charge in [0.1, 0.15) is 18.5 Å². The monoisotopic (exact) mass is 347 g/mol. The number of hydrogen-bond donors (Lipinski definition) is 1. The van der Waals surface area contributed by atoms with Crippen LogP contribution in [0.25, 0.3) is 0 Å². The third-order valence-electron chi connectivity index (χ3n) is 4.03. The zero-order chi connectivity index (χ0) is 17.0. The summed E-state index contributed by atoms with van der Waals surface area (Å²) in [4.78, 5) is 2.37. The number of rotatable bonds is 5. The van der Waals surface area contributed by atoms with Gasteiger partial charge in [0.25, 0.3) is 0 Å². The Morgan fingerprint density at radius 1 is 1.08 bits per heavy atom. The molecule has 1 aliphatic rings. The molecule has 0 aromatic heterocycles. The molecule has 1 heterocycles. The summed E-state index contributed by atoms with van der Waals surface area (Å²) in [5.41, 5.74) is 0.783. The molecule has 0 saturated heterocycles. The van der Waals surface area contributed by atoms with E-state index in [9.17, 15) is 13.5 Å². The summed E-state index contributed by atoms with van der Waals surface area (Å²) in [5, 5.41) is 10.2. The van der Waals surface area contributed by atoms with Crippen molar-refractivity contribution in [1.29, 1.82) is 0 Å². The van der Waals surface area contributed by atoms with E-state index in [-0.39, 0.29) is 12.4 Å². The van der Waals surface area contributed by atoms with Crippen molar-refractivity contribution in [3.8, 4) is 5.75 Å². The lowest BCUT2D eigenvalue weighted by molar-refractivity contribution is 0.0678. The molecule has 0 bridgehead atoms. The SMILES string of the molecule is O=S1(=O)CCN(C[C@@H](O)COc2ccccc2)Cc2ccccc21. The lowest BCUT2D eigenvalue weighted by Gasteiger charge is -2.23. The zero-order valence-corrected chi connectivity index (χ0v) is 14.2. The molecular formula is C18H21NO4S. The Balaban J connectivity index is 1.62. The minimum atomic E-state index is -3.26. The van der Waals surface area contributed by atoms with Crippen molar-refractivity contribution in [2.75, 3.05) is 25.4 Å². The van der Waals surface area contributed by atoms with Crippen molar-refractivity contribution in [2.24, 2.45) is 0 Å². The molecule has 0 fully saturated rings. The lowest BCUT2D eigenvalue weighted by Crippen LogP contribution is -2.36. The largest absolute Gasteiger partial charge is 0.491 e. The fourth-order valence-corrected chi connectivity index (χ4v) is 4.37. The predicted octanol–water partition coefficient (Wildman–Crippen LogP) is 1.72. The molecule has 6 heteroatoms. The number of benzene rings is 2. The average molecular weight is 347 g/mol. The van der Waals surface area contributed by atoms with Crippen LogP contribution in [0.4, 0.5) is 0 Å². The first-order valence-electron chi connectivity index (χ1n) is 7.93. The number of sulfone groups is 1. The van der Waals surface area contributed by atoms with Crippen LogP contribution in [0.3, 0.4) is 0 Å². The van der Waals surface area contributed by atoms with Gasteiger partial charge in [0, 0.05) is 19.6 Å². The Hall–Kier alpha value is -1.89. The number of hydrogen-bond acceptors (Lipinski definition) is 5. The molecule has 128 valence electrons. The zero-order valence-electron chi connectivity index (χ0n) is 13.3. The quantitative estimate of drug-likeness (QED) is 0.892. The van der Waals surface area contributed by atoms with Crippen molar-refractivity contribution in [3.63, 3.8) is 0 Å². The Morgan fingerprint density at radius 3 is 2.58 bits per heavy atom. The molecule has 2 aromatic carbocycles. The van der Waals surface area contributed by atoms with Gasteiger partial charge in [0.15, 0.2) is 9.84 Å². The van der Waals surface area contributed by atoms with E-state index < -0.39 is 15.9 Å². The molecule has 2 aromatic rings. The molecule has 3 rings (SSSR count). The topological polar surface area (TPSA) is 66.8 Å². The molecule has 0 spiro atoms. The van der Waals surface area contributed by atoms with Crippen molar-refractivity contribution < 1.29 is 18.3 Å². The van der Waals surface area contributed by atoms with Gasteiger partial charge in [-0.2, -0.15) is 0 Å². The molecule has 1 N–H and O–H groups in total. The van der Waals surface area contributed by atoms with Gasteiger partial charge < -0.3 is 9.84 Å². The standard InChI is InChI=1S/C18H21NO4S/c20-16(14-23-17-7-2-1-3-8-17)13-19-10-11-24(21,22)18-9-5-4-6-15(18)12-19/h1-9,16,20H,10-14H2/t16-/m1/s1. The molecule has 5 nitrogen and oxygen atoms in total. The molecule has 1 atom stereocenters. The van der Waals surface area contributed by atoms with Crippen LogP contribution >= 0.6 is 0 Å². The maximum absolute atomic E-state index is 12.3. The van der Waals surface area contributed by atoms with E-state index in [1.165, 1.54) is 0 Å². The summed E-state index contributed by atoms with van der Waals surface area (Å²) < 4.78 is 30.2. The number of aliphatic hydroxyl groups excluding tert-OH is 1. The average Bonchev–Trinajstić information content (AvgIpc) is 2.71. The smallest absolute Gasteiger partial charge is 0.179 e. The third-order valence-corrected chi connectivity index (χ3v) is 5.82. The first-order valence-corrected chi connectivity index (χ1v) is 9.59. The first kappa shape index (κ1) is 17.0. The Kier molecular flexibility index (Phi) is 5.18. The summed E-state index contributed by atoms with van der Waals surface area (Å²) >= 11 is 0. The summed E-state index contributed by atoms with van der Waals surface area (Å²) in [6, 6.07) is 16.4. The first-order chi connectivity index (χ1) is 11.5. The van der Waals surface area contributed by atoms with Crippen LogP contribution in [0.2, 0.25) is 0 Å². The fourth-order valence-electron chi connectivity index (χ4n) is 2.83. The van der Waals surface area contributed by atoms with Crippen molar-refractivity contribution in [2.45, 2.75) is 17.5 Å². The minimum absolute atomic E-state index is 0.0657. The normalized spacial score (nSPS) is 18.4. The van der Waals surface area contributed by atoms with E-state index in [1.807, 2.05) is 47.4 Å². The number of ether oxygens (including phenoxy) is 1. The number of fused-ring (bicyclic) bond motifs is 1. The Bertz CT molecular complexity index is 777. The lowest BCUT2D eigenvalue weighted by atomic mass is 10.2. The predicted molar refractivity (Wildman–Crippen MR) is 91.7 cm³/mol. The van der Waals surface area contributed by atoms with Crippen LogP contribution in [-0.4, -0.2) is 50.0 Å². The van der Waals surface area contributed by atoms with Crippen LogP contribution in [-0.2, 0) is 16.4 Å². The number of β-amino-alcohol motifs (C(OH)–C–C–N with tert-alkyl or cyclic N) is 1. The van der Waals surface area contributed by atoms with E-state index in [0.717, 1.165) is 5.56 Å². The van der Waals surface area contributed by atoms with Crippen LogP contribution in [0, 0.1) is 0 Å². The highest BCUT2D eigenvalue weighted by Crippen LogP contribution is 2.22. The van der Waals surface area contributed by atoms with E-state index in [4.69, 9.17) is 4.74 Å². The van der Waals surface area contributed by atoms with Gasteiger partial charge in [-0.05, 0) is 23.8 Å². The van der Waals surface area contributed by atoms with Crippen LogP contribution in [0.15, 0.2) is 59.5 Å². The minimum Gasteiger partial charge on any atom is -0.491 e. The molecular weight excluding hydrogens is 326 g/mol. The van der Waals surface area contributed by atoms with Gasteiger partial charge in [-0.3, -0.25) is 4.90 Å². The highest BCUT2D eigenvalue weighted by molar-refractivity contribution is 7.91. The number of aliphatic hydroxyl groups is 1. The van der Waals surface area contributed by atoms with Crippen molar-refractivity contribution in [1.82, 2.24) is 4.90 Å². The van der Waals surface area contributed by atoms with Gasteiger partial charge in [0.2, 0.25) is 0 Å². The summed E-state index contributed by atoms with van der Waals surface area (Å²) in [6.45, 7) is 1.46. The second kappa shape index (κ2) is 7.34. The van der Waals surface area contributed by atoms with E-state index in [1.54, 1.807) is 12.1 Å². The van der Waals surface area contributed by atoms with E-state index in [2.05, 4.69) is 0 Å². The van der Waals surface area contributed by atoms with Crippen LogP contribution in [0.5, 0.6) is 5.75 Å². The third kappa shape index (κ3) is 4.14. The maximum Gasteiger partial charge on any atom is 0.179 e. The van der Waals surface area contributed by atoms with Gasteiger partial charge in [0.05, 0.1) is 10.6 Å². The second-order valence-electron chi connectivity index (χ2n) is 5.94. The molecule has 0 amide bonds. The summed E-state index contributed by atoms with van der Waals surface area (Å²) in [5.74, 6) is 0.774. The van der Waals surface area contributed by atoms with Crippen LogP contribution < -0.4 is 4.74 Å². The summed E-state index contributed by atoms with van der Waals surface area (Å²) in [7, 11) is -3.26. The molecule has 1 aliphatic heterocycles. The number of nitrogens with zero attached hydrogens (tertiary/aromatic N) is 1. The van der Waals surface area contributed by atoms with Crippen molar-refractivity contribution >= 4 is 9.84 Å². The number of para-hydroxylation sites is 1. The van der Waals surface area contributed by atoms with E-state index >= 15 is 0 Å². The Morgan fingerprint density at radius 2 is 1.79 bits per heavy atom. The molecule has 0 aliphatic carbocycles. The van der Waals surface area contributed by atoms with E-state index in [0.29, 0.717) is 30.3 Å². The highest BCUT2D eigenvalue weighted by atomic mass is 32.2. The molecule has 0 radical (unpaired) electrons. The Labute approximate surface area is 142 Å².